The van der Waals surface area contributed by atoms with Gasteiger partial charge >= 0.3 is 0 Å². The van der Waals surface area contributed by atoms with Crippen molar-refractivity contribution in [1.29, 1.82) is 0 Å². The van der Waals surface area contributed by atoms with Gasteiger partial charge in [-0.05, 0) is 47.3 Å². The van der Waals surface area contributed by atoms with E-state index in [1.165, 1.54) is 27.1 Å². The zero-order valence-corrected chi connectivity index (χ0v) is 25.8. The maximum absolute atomic E-state index is 5.27. The Hall–Kier alpha value is -6.59. The standard InChI is InChI=1S/C43H27N5/c1-3-13-29(14-4-1)41-44-42(30-25-26-34-32-19-7-9-22-36(32)47(39(34)27-30)31-17-5-2-6-18-31)46-43(45-41)48-37-23-10-8-20-33(37)35-21-11-15-28-16-12-24-38(48)40(28)35/h1-27H. The van der Waals surface area contributed by atoms with E-state index < -0.39 is 0 Å². The monoisotopic (exact) mass is 613 g/mol. The maximum atomic E-state index is 5.27. The van der Waals surface area contributed by atoms with Gasteiger partial charge in [0.1, 0.15) is 0 Å². The molecule has 48 heavy (non-hydrogen) atoms. The molecule has 7 aromatic carbocycles. The fourth-order valence-corrected chi connectivity index (χ4v) is 7.25. The summed E-state index contributed by atoms with van der Waals surface area (Å²) >= 11 is 0. The predicted molar refractivity (Wildman–Crippen MR) is 196 cm³/mol. The van der Waals surface area contributed by atoms with Crippen LogP contribution in [0.3, 0.4) is 0 Å². The number of benzene rings is 7. The highest BCUT2D eigenvalue weighted by Gasteiger charge is 2.28. The zero-order chi connectivity index (χ0) is 31.6. The summed E-state index contributed by atoms with van der Waals surface area (Å²) in [5.41, 5.74) is 9.69. The molecule has 0 unspecified atom stereocenters. The minimum atomic E-state index is 0.581. The van der Waals surface area contributed by atoms with Crippen molar-refractivity contribution in [2.45, 2.75) is 0 Å². The van der Waals surface area contributed by atoms with E-state index in [9.17, 15) is 0 Å². The van der Waals surface area contributed by atoms with Gasteiger partial charge in [0.25, 0.3) is 0 Å². The second kappa shape index (κ2) is 10.5. The third kappa shape index (κ3) is 4.01. The number of hydrogen-bond donors (Lipinski definition) is 0. The van der Waals surface area contributed by atoms with Crippen LogP contribution >= 0.6 is 0 Å². The molecule has 0 atom stereocenters. The second-order valence-corrected chi connectivity index (χ2v) is 12.1. The molecule has 1 aliphatic rings. The molecule has 10 rings (SSSR count). The van der Waals surface area contributed by atoms with E-state index >= 15 is 0 Å². The third-order valence-electron chi connectivity index (χ3n) is 9.36. The zero-order valence-electron chi connectivity index (χ0n) is 25.8. The lowest BCUT2D eigenvalue weighted by Crippen LogP contribution is -2.18. The molecule has 2 aromatic heterocycles. The van der Waals surface area contributed by atoms with E-state index in [4.69, 9.17) is 15.0 Å². The Labute approximate surface area is 277 Å². The molecular formula is C43H27N5. The summed E-state index contributed by atoms with van der Waals surface area (Å²) in [6, 6.07) is 57.3. The Morgan fingerprint density at radius 3 is 1.92 bits per heavy atom. The van der Waals surface area contributed by atoms with Crippen LogP contribution in [0.1, 0.15) is 0 Å². The minimum Gasteiger partial charge on any atom is -0.309 e. The van der Waals surface area contributed by atoms with Crippen molar-refractivity contribution < 1.29 is 0 Å². The minimum absolute atomic E-state index is 0.581. The smallest absolute Gasteiger partial charge is 0.238 e. The Balaban J connectivity index is 1.25. The molecule has 0 saturated heterocycles. The van der Waals surface area contributed by atoms with Gasteiger partial charge in [-0.15, -0.1) is 0 Å². The molecule has 5 nitrogen and oxygen atoms in total. The molecule has 0 N–H and O–H groups in total. The van der Waals surface area contributed by atoms with Gasteiger partial charge in [-0.3, -0.25) is 4.90 Å². The molecule has 224 valence electrons. The van der Waals surface area contributed by atoms with E-state index in [1.807, 2.05) is 18.2 Å². The first-order valence-electron chi connectivity index (χ1n) is 16.1. The van der Waals surface area contributed by atoms with E-state index in [0.29, 0.717) is 17.6 Å². The fourth-order valence-electron chi connectivity index (χ4n) is 7.25. The lowest BCUT2D eigenvalue weighted by Gasteiger charge is -2.32. The molecule has 9 aromatic rings. The summed E-state index contributed by atoms with van der Waals surface area (Å²) in [6.45, 7) is 0. The summed E-state index contributed by atoms with van der Waals surface area (Å²) in [7, 11) is 0. The van der Waals surface area contributed by atoms with Gasteiger partial charge in [-0.25, -0.2) is 4.98 Å². The maximum Gasteiger partial charge on any atom is 0.238 e. The van der Waals surface area contributed by atoms with Crippen molar-refractivity contribution in [3.63, 3.8) is 0 Å². The van der Waals surface area contributed by atoms with Crippen LogP contribution in [0.5, 0.6) is 0 Å². The normalized spacial score (nSPS) is 12.1. The first-order chi connectivity index (χ1) is 23.8. The van der Waals surface area contributed by atoms with Gasteiger partial charge in [0.15, 0.2) is 11.6 Å². The predicted octanol–water partition coefficient (Wildman–Crippen LogP) is 10.9. The lowest BCUT2D eigenvalue weighted by molar-refractivity contribution is 1.02. The lowest BCUT2D eigenvalue weighted by atomic mass is 9.91. The van der Waals surface area contributed by atoms with Crippen LogP contribution < -0.4 is 4.90 Å². The third-order valence-corrected chi connectivity index (χ3v) is 9.36. The molecule has 0 saturated carbocycles. The summed E-state index contributed by atoms with van der Waals surface area (Å²) in [6.07, 6.45) is 0. The summed E-state index contributed by atoms with van der Waals surface area (Å²) < 4.78 is 2.33. The molecule has 0 spiro atoms. The molecule has 1 aliphatic heterocycles. The van der Waals surface area contributed by atoms with Crippen LogP contribution in [0.25, 0.3) is 72.2 Å². The summed E-state index contributed by atoms with van der Waals surface area (Å²) in [5, 5.41) is 4.77. The number of para-hydroxylation sites is 3. The van der Waals surface area contributed by atoms with Crippen molar-refractivity contribution in [1.82, 2.24) is 19.5 Å². The quantitative estimate of drug-likeness (QED) is 0.198. The van der Waals surface area contributed by atoms with Gasteiger partial charge < -0.3 is 4.57 Å². The number of fused-ring (bicyclic) bond motifs is 5. The molecular weight excluding hydrogens is 587 g/mol. The van der Waals surface area contributed by atoms with Crippen molar-refractivity contribution in [3.8, 4) is 39.6 Å². The molecule has 0 bridgehead atoms. The number of aromatic nitrogens is 4. The van der Waals surface area contributed by atoms with Crippen molar-refractivity contribution in [2.24, 2.45) is 0 Å². The fraction of sp³-hybridized carbons (Fsp3) is 0. The highest BCUT2D eigenvalue weighted by molar-refractivity contribution is 6.13. The SMILES string of the molecule is c1ccc(-c2nc(-c3ccc4c5ccccc5n(-c5ccccc5)c4c3)nc(N3c4ccccc4-c4cccc5cccc3c45)n2)cc1. The molecule has 0 fully saturated rings. The Kier molecular flexibility index (Phi) is 5.81. The Morgan fingerprint density at radius 1 is 0.417 bits per heavy atom. The summed E-state index contributed by atoms with van der Waals surface area (Å²) in [5.74, 6) is 1.83. The largest absolute Gasteiger partial charge is 0.309 e. The second-order valence-electron chi connectivity index (χ2n) is 12.1. The van der Waals surface area contributed by atoms with E-state index in [-0.39, 0.29) is 0 Å². The topological polar surface area (TPSA) is 46.8 Å². The van der Waals surface area contributed by atoms with Crippen LogP contribution in [0.2, 0.25) is 0 Å². The van der Waals surface area contributed by atoms with Crippen LogP contribution in [0.4, 0.5) is 17.3 Å². The van der Waals surface area contributed by atoms with Crippen molar-refractivity contribution in [2.75, 3.05) is 4.90 Å². The molecule has 5 heteroatoms. The van der Waals surface area contributed by atoms with Crippen molar-refractivity contribution >= 4 is 49.9 Å². The molecule has 0 aliphatic carbocycles. The number of anilines is 3. The van der Waals surface area contributed by atoms with Gasteiger partial charge in [0, 0.05) is 38.5 Å². The highest BCUT2D eigenvalue weighted by atomic mass is 15.3. The number of nitrogens with zero attached hydrogens (tertiary/aromatic N) is 5. The van der Waals surface area contributed by atoms with Crippen LogP contribution in [0, 0.1) is 0 Å². The van der Waals surface area contributed by atoms with Gasteiger partial charge in [-0.2, -0.15) is 9.97 Å². The van der Waals surface area contributed by atoms with Crippen LogP contribution in [-0.4, -0.2) is 19.5 Å². The van der Waals surface area contributed by atoms with E-state index in [2.05, 4.69) is 155 Å². The van der Waals surface area contributed by atoms with Gasteiger partial charge in [0.2, 0.25) is 5.95 Å². The van der Waals surface area contributed by atoms with E-state index in [0.717, 1.165) is 44.8 Å². The number of hydrogen-bond acceptors (Lipinski definition) is 4. The van der Waals surface area contributed by atoms with E-state index in [1.54, 1.807) is 0 Å². The average molecular weight is 614 g/mol. The van der Waals surface area contributed by atoms with Crippen LogP contribution in [-0.2, 0) is 0 Å². The average Bonchev–Trinajstić information content (AvgIpc) is 3.49. The highest BCUT2D eigenvalue weighted by Crippen LogP contribution is 2.50. The van der Waals surface area contributed by atoms with Crippen molar-refractivity contribution in [3.05, 3.63) is 164 Å². The summed E-state index contributed by atoms with van der Waals surface area (Å²) in [4.78, 5) is 17.8. The van der Waals surface area contributed by atoms with Gasteiger partial charge in [-0.1, -0.05) is 127 Å². The van der Waals surface area contributed by atoms with Crippen LogP contribution in [0.15, 0.2) is 164 Å². The molecule has 3 heterocycles. The first kappa shape index (κ1) is 26.6. The van der Waals surface area contributed by atoms with Gasteiger partial charge in [0.05, 0.1) is 22.4 Å². The Bertz CT molecular complexity index is 2670. The Morgan fingerprint density at radius 2 is 1.06 bits per heavy atom. The first-order valence-corrected chi connectivity index (χ1v) is 16.1. The molecule has 0 amide bonds. The molecule has 0 radical (unpaired) electrons. The number of rotatable bonds is 4.